The fraction of sp³-hybridized carbons (Fsp3) is 0.692. The predicted molar refractivity (Wildman–Crippen MR) is 405 cm³/mol. The van der Waals surface area contributed by atoms with Crippen LogP contribution in [0.4, 0.5) is 15.3 Å². The normalized spacial score (nSPS) is 18.7. The number of ketones is 2. The molecule has 106 heavy (non-hydrogen) atoms. The lowest BCUT2D eigenvalue weighted by Crippen LogP contribution is -2.55. The molecule has 0 radical (unpaired) electrons. The Morgan fingerprint density at radius 3 is 2.00 bits per heavy atom. The number of methoxy groups -OCH3 is 3. The number of alkyl carbamates (subject to hydrolysis) is 1. The zero-order valence-corrected chi connectivity index (χ0v) is 66.3. The second-order valence-corrected chi connectivity index (χ2v) is 31.8. The maximum atomic E-state index is 14.7. The maximum absolute atomic E-state index is 14.7. The molecule has 2 unspecified atom stereocenters. The Morgan fingerprint density at radius 2 is 1.43 bits per heavy atom. The number of carbonyl (C=O) groups is 12. The van der Waals surface area contributed by atoms with E-state index in [2.05, 4.69) is 26.6 Å². The minimum Gasteiger partial charge on any atom is -0.497 e. The van der Waals surface area contributed by atoms with E-state index in [0.717, 1.165) is 12.8 Å². The number of aliphatic carboxylic acids is 1. The van der Waals surface area contributed by atoms with Crippen molar-refractivity contribution in [3.05, 3.63) is 59.7 Å². The van der Waals surface area contributed by atoms with Crippen LogP contribution in [-0.2, 0) is 68.8 Å². The summed E-state index contributed by atoms with van der Waals surface area (Å²) in [4.78, 5) is 168. The van der Waals surface area contributed by atoms with E-state index in [9.17, 15) is 62.6 Å². The number of likely N-dealkylation sites (N-methyl/N-ethyl adjacent to an activating group) is 2. The monoisotopic (exact) mass is 1500 g/mol. The molecule has 0 aromatic heterocycles. The number of anilines is 1. The van der Waals surface area contributed by atoms with Crippen LogP contribution in [0.25, 0.3) is 0 Å². The first kappa shape index (κ1) is 88.9. The fourth-order valence-corrected chi connectivity index (χ4v) is 16.3. The number of thioether (sulfide) groups is 1. The zero-order valence-electron chi connectivity index (χ0n) is 65.5. The summed E-state index contributed by atoms with van der Waals surface area (Å²) in [6.07, 6.45) is 3.19. The number of nitrogens with zero attached hydrogens (tertiary/aromatic N) is 4. The summed E-state index contributed by atoms with van der Waals surface area (Å²) in [5.41, 5.74) is 6.55. The van der Waals surface area contributed by atoms with Crippen LogP contribution in [0, 0.1) is 46.8 Å². The second kappa shape index (κ2) is 42.7. The number of primary amides is 1. The van der Waals surface area contributed by atoms with Crippen LogP contribution in [0.1, 0.15) is 189 Å². The van der Waals surface area contributed by atoms with Gasteiger partial charge in [-0.2, -0.15) is 0 Å². The minimum absolute atomic E-state index is 0.00476. The van der Waals surface area contributed by atoms with Crippen LogP contribution in [-0.4, -0.2) is 211 Å². The van der Waals surface area contributed by atoms with Crippen LogP contribution < -0.4 is 37.1 Å². The topological polar surface area (TPSA) is 361 Å². The van der Waals surface area contributed by atoms with E-state index in [0.29, 0.717) is 79.8 Å². The van der Waals surface area contributed by atoms with Crippen molar-refractivity contribution in [1.29, 1.82) is 0 Å². The number of unbranched alkanes of at least 4 members (excludes halogenated alkanes) is 2. The van der Waals surface area contributed by atoms with E-state index < -0.39 is 95.3 Å². The van der Waals surface area contributed by atoms with Crippen LogP contribution in [0.3, 0.4) is 0 Å². The molecule has 28 heteroatoms. The molecule has 13 atom stereocenters. The third kappa shape index (κ3) is 26.3. The van der Waals surface area contributed by atoms with Gasteiger partial charge in [-0.05, 0) is 137 Å². The Hall–Kier alpha value is -7.69. The molecule has 592 valence electrons. The molecule has 8 N–H and O–H groups in total. The maximum Gasteiger partial charge on any atom is 0.408 e. The highest BCUT2D eigenvalue weighted by atomic mass is 32.2. The summed E-state index contributed by atoms with van der Waals surface area (Å²) >= 11 is 1.35. The number of urea groups is 1. The molecule has 2 heterocycles. The van der Waals surface area contributed by atoms with Gasteiger partial charge in [-0.25, -0.2) is 9.59 Å². The first-order chi connectivity index (χ1) is 50.1. The van der Waals surface area contributed by atoms with Crippen molar-refractivity contribution in [2.24, 2.45) is 52.6 Å². The van der Waals surface area contributed by atoms with Crippen LogP contribution in [0.2, 0.25) is 0 Å². The molecule has 2 aromatic carbocycles. The standard InChI is InChI=1S/C78H122N10O17S/c1-17-49(8)70(86(13)74(98)57(46(2)3)40-60(90)69(48(6)7)85(11)12)61(103-15)41-64(92)87-38-22-24-58(87)71(104-16)50(9)72(96)81-51(10)68(53-28-32-56(102-14)33-29-53)84-77(101)105-44-52-26-30-55(31-27-52)82-73(97)54(23-21-36-80-76(79)100)39-59(89)67(47(4)5)83-63(91)25-19-18-20-37-88-65(93)42-62(75(88)99)106-45-78(34-35-78)43-66(94)95/h26-33,46-51,54,57-58,61-62,67-71H,17-25,34-45H2,1-16H3,(H,81,96)(H,82,97)(H,83,91)(H,84,101)(H,94,95)(H3,79,80,100)/t49-,50+,51+,54+,57-,58-,61+,62?,67-,68?,69-,70-,71+/m0/s1. The van der Waals surface area contributed by atoms with Crippen molar-refractivity contribution in [2.45, 2.75) is 232 Å². The number of benzene rings is 2. The van der Waals surface area contributed by atoms with Gasteiger partial charge in [0, 0.05) is 89.9 Å². The van der Waals surface area contributed by atoms with Gasteiger partial charge in [-0.3, -0.25) is 57.7 Å². The molecule has 2 saturated heterocycles. The van der Waals surface area contributed by atoms with E-state index in [1.54, 1.807) is 100 Å². The summed E-state index contributed by atoms with van der Waals surface area (Å²) in [5.74, 6) is -5.07. The first-order valence-electron chi connectivity index (χ1n) is 37.7. The Balaban J connectivity index is 1.17. The quantitative estimate of drug-likeness (QED) is 0.0240. The molecular weight excluding hydrogens is 1380 g/mol. The summed E-state index contributed by atoms with van der Waals surface area (Å²) < 4.78 is 23.4. The van der Waals surface area contributed by atoms with Gasteiger partial charge < -0.3 is 66.2 Å². The second-order valence-electron chi connectivity index (χ2n) is 30.6. The van der Waals surface area contributed by atoms with Gasteiger partial charge >= 0.3 is 18.1 Å². The highest BCUT2D eigenvalue weighted by molar-refractivity contribution is 8.00. The molecule has 2 aromatic rings. The molecule has 3 fully saturated rings. The number of rotatable bonds is 47. The minimum atomic E-state index is -0.922. The lowest BCUT2D eigenvalue weighted by molar-refractivity contribution is -0.149. The molecule has 0 bridgehead atoms. The molecule has 10 amide bonds. The molecular formula is C78H122N10O17S. The number of carboxylic acids is 1. The molecule has 27 nitrogen and oxygen atoms in total. The molecule has 0 spiro atoms. The highest BCUT2D eigenvalue weighted by Gasteiger charge is 2.48. The number of Topliss-reactive ketones (excluding diaryl/α,β-unsaturated/α-hetero) is 2. The third-order valence-corrected chi connectivity index (χ3v) is 22.8. The van der Waals surface area contributed by atoms with E-state index in [1.165, 1.54) is 30.9 Å². The zero-order chi connectivity index (χ0) is 78.9. The summed E-state index contributed by atoms with van der Waals surface area (Å²) in [6, 6.07) is 8.98. The average molecular weight is 1500 g/mol. The van der Waals surface area contributed by atoms with E-state index in [1.807, 2.05) is 60.5 Å². The van der Waals surface area contributed by atoms with Gasteiger partial charge in [-0.15, -0.1) is 11.8 Å². The van der Waals surface area contributed by atoms with Gasteiger partial charge in [0.15, 0.2) is 11.6 Å². The molecule has 1 saturated carbocycles. The number of likely N-dealkylation sites (tertiary alicyclic amines) is 2. The summed E-state index contributed by atoms with van der Waals surface area (Å²) in [7, 11) is 10.1. The number of amides is 10. The third-order valence-electron chi connectivity index (χ3n) is 21.3. The van der Waals surface area contributed by atoms with Gasteiger partial charge in [0.25, 0.3) is 0 Å². The summed E-state index contributed by atoms with van der Waals surface area (Å²) in [6.45, 7) is 19.6. The number of hydrogen-bond acceptors (Lipinski definition) is 18. The van der Waals surface area contributed by atoms with Gasteiger partial charge in [0.2, 0.25) is 41.4 Å². The molecule has 1 aliphatic carbocycles. The van der Waals surface area contributed by atoms with Crippen molar-refractivity contribution >= 4 is 88.5 Å². The van der Waals surface area contributed by atoms with Crippen LogP contribution >= 0.6 is 11.8 Å². The Labute approximate surface area is 631 Å². The number of imide groups is 1. The molecule has 5 rings (SSSR count). The smallest absolute Gasteiger partial charge is 0.408 e. The molecule has 2 aliphatic heterocycles. The number of hydrogen-bond donors (Lipinski definition) is 7. The fourth-order valence-electron chi connectivity index (χ4n) is 14.8. The lowest BCUT2D eigenvalue weighted by Gasteiger charge is -2.41. The highest BCUT2D eigenvalue weighted by Crippen LogP contribution is 2.52. The summed E-state index contributed by atoms with van der Waals surface area (Å²) in [5, 5.41) is 23.0. The predicted octanol–water partition coefficient (Wildman–Crippen LogP) is 8.68. The number of carboxylic acid groups (broad SMARTS) is 1. The van der Waals surface area contributed by atoms with E-state index in [-0.39, 0.29) is 141 Å². The largest absolute Gasteiger partial charge is 0.497 e. The SMILES string of the molecule is CC[C@H](C)[C@@H]([C@@H](CC(=O)N1CCC[C@H]1[C@H](OC)[C@@H](C)C(=O)N[C@H](C)C(NC(=O)OCc1ccc(NC(=O)[C@H](CCCNC(N)=O)CC(=O)[C@@H](NC(=O)CCCCCN2C(=O)CC(SCC3(CC(=O)O)CC3)C2=O)C(C)C)cc1)c1ccc(OC)cc1)OC)N(C)C(=O)[C@@H](CC(=O)[C@H](C(C)C)N(C)C)C(C)C. The average Bonchev–Trinajstić information content (AvgIpc) is 1.58. The van der Waals surface area contributed by atoms with Gasteiger partial charge in [0.05, 0.1) is 79.6 Å². The van der Waals surface area contributed by atoms with Crippen molar-refractivity contribution < 1.29 is 81.6 Å². The Morgan fingerprint density at radius 1 is 0.764 bits per heavy atom. The van der Waals surface area contributed by atoms with Crippen LogP contribution in [0.5, 0.6) is 5.75 Å². The number of nitrogens with one attached hydrogen (secondary N) is 5. The first-order valence-corrected chi connectivity index (χ1v) is 38.8. The van der Waals surface area contributed by atoms with Crippen molar-refractivity contribution in [3.63, 3.8) is 0 Å². The van der Waals surface area contributed by atoms with E-state index in [4.69, 9.17) is 24.7 Å². The van der Waals surface area contributed by atoms with Crippen molar-refractivity contribution in [3.8, 4) is 5.75 Å². The van der Waals surface area contributed by atoms with Crippen molar-refractivity contribution in [2.75, 3.05) is 73.2 Å². The number of ether oxygens (including phenoxy) is 4. The number of carbonyl (C=O) groups excluding carboxylic acids is 11. The van der Waals surface area contributed by atoms with Gasteiger partial charge in [0.1, 0.15) is 12.4 Å². The van der Waals surface area contributed by atoms with Gasteiger partial charge in [-0.1, -0.05) is 99.4 Å². The van der Waals surface area contributed by atoms with Crippen molar-refractivity contribution in [1.82, 2.24) is 40.9 Å². The molecule has 3 aliphatic rings. The Bertz CT molecular complexity index is 3270. The van der Waals surface area contributed by atoms with Crippen LogP contribution in [0.15, 0.2) is 48.5 Å². The number of nitrogens with two attached hydrogens (primary N) is 1. The lowest BCUT2D eigenvalue weighted by atomic mass is 9.83. The Kier molecular flexibility index (Phi) is 35.9. The van der Waals surface area contributed by atoms with E-state index >= 15 is 0 Å².